The van der Waals surface area contributed by atoms with Crippen LogP contribution >= 0.6 is 7.60 Å². The molecule has 0 saturated carbocycles. The Kier molecular flexibility index (Phi) is 9.10. The zero-order valence-electron chi connectivity index (χ0n) is 12.6. The molecule has 1 heterocycles. The van der Waals surface area contributed by atoms with Crippen molar-refractivity contribution in [3.05, 3.63) is 32.6 Å². The van der Waals surface area contributed by atoms with E-state index in [2.05, 4.69) is 9.72 Å². The van der Waals surface area contributed by atoms with Gasteiger partial charge in [-0.2, -0.15) is 0 Å². The van der Waals surface area contributed by atoms with E-state index in [-0.39, 0.29) is 12.9 Å². The molecule has 1 rings (SSSR count). The highest BCUT2D eigenvalue weighted by atomic mass is 31.2. The van der Waals surface area contributed by atoms with Gasteiger partial charge in [-0.3, -0.25) is 9.78 Å². The number of hydrogen-bond acceptors (Lipinski definition) is 6. The molecule has 1 aromatic rings. The molecule has 0 fully saturated rings. The number of unbranched alkanes of at least 4 members (excludes halogenated alkanes) is 1. The summed E-state index contributed by atoms with van der Waals surface area (Å²) in [6.07, 6.45) is 1.99. The number of H-pyrrole nitrogens is 1. The Morgan fingerprint density at radius 2 is 2.05 bits per heavy atom. The van der Waals surface area contributed by atoms with E-state index in [4.69, 9.17) is 9.63 Å². The lowest BCUT2D eigenvalue weighted by Gasteiger charge is -2.15. The highest BCUT2D eigenvalue weighted by Crippen LogP contribution is 2.27. The van der Waals surface area contributed by atoms with E-state index in [1.54, 1.807) is 6.92 Å². The molecule has 0 bridgehead atoms. The zero-order valence-corrected chi connectivity index (χ0v) is 13.5. The van der Waals surface area contributed by atoms with E-state index >= 15 is 0 Å². The largest absolute Gasteiger partial charge is 0.777 e. The number of hydrogen-bond donors (Lipinski definition) is 3. The summed E-state index contributed by atoms with van der Waals surface area (Å²) >= 11 is 0. The molecule has 1 aromatic heterocycles. The topological polar surface area (TPSA) is 170 Å². The molecular formula is C11H22N3O7P. The average molecular weight is 339 g/mol. The standard InChI is InChI=1S/C11H19N2O7P.H3N/c1-9-6-13(11(15)12-10(9)14)4-2-3-5-19-7-20-8-21(16,17)18;/h6H,2-5,7-8H2,1H3,(H,12,14,15)(H2,16,17,18);1H3. The minimum atomic E-state index is -4.40. The Morgan fingerprint density at radius 3 is 2.68 bits per heavy atom. The van der Waals surface area contributed by atoms with E-state index in [1.807, 2.05) is 0 Å². The highest BCUT2D eigenvalue weighted by Gasteiger charge is 2.02. The first-order chi connectivity index (χ1) is 9.79. The lowest BCUT2D eigenvalue weighted by atomic mass is 10.3. The van der Waals surface area contributed by atoms with Crippen molar-refractivity contribution < 1.29 is 23.8 Å². The van der Waals surface area contributed by atoms with Crippen molar-refractivity contribution in [1.82, 2.24) is 15.7 Å². The number of quaternary nitrogens is 1. The van der Waals surface area contributed by atoms with Gasteiger partial charge in [0.1, 0.15) is 13.1 Å². The number of nitrogens with one attached hydrogen (secondary N) is 1. The summed E-state index contributed by atoms with van der Waals surface area (Å²) in [5.74, 6) is 0. The van der Waals surface area contributed by atoms with E-state index in [9.17, 15) is 19.0 Å². The third kappa shape index (κ3) is 8.23. The SMILES string of the molecule is Cc1cn(CCCCOCOCP(=O)([O-])O)c(=O)[nH]c1=O.[NH4+]. The van der Waals surface area contributed by atoms with Gasteiger partial charge in [-0.25, -0.2) is 4.79 Å². The number of ether oxygens (including phenoxy) is 2. The summed E-state index contributed by atoms with van der Waals surface area (Å²) in [7, 11) is -4.40. The second-order valence-corrected chi connectivity index (χ2v) is 6.00. The van der Waals surface area contributed by atoms with Gasteiger partial charge in [0.15, 0.2) is 7.60 Å². The van der Waals surface area contributed by atoms with Crippen molar-refractivity contribution in [3.8, 4) is 0 Å². The molecule has 0 aliphatic carbocycles. The van der Waals surface area contributed by atoms with Crippen LogP contribution in [0.4, 0.5) is 0 Å². The second kappa shape index (κ2) is 9.67. The normalized spacial score (nSPS) is 13.4. The maximum atomic E-state index is 11.5. The summed E-state index contributed by atoms with van der Waals surface area (Å²) in [5, 5.41) is 0. The van der Waals surface area contributed by atoms with Crippen LogP contribution < -0.4 is 22.3 Å². The van der Waals surface area contributed by atoms with Crippen LogP contribution in [0.25, 0.3) is 0 Å². The predicted molar refractivity (Wildman–Crippen MR) is 77.9 cm³/mol. The van der Waals surface area contributed by atoms with Crippen molar-refractivity contribution in [3.63, 3.8) is 0 Å². The third-order valence-corrected chi connectivity index (χ3v) is 3.06. The molecule has 0 amide bonds. The van der Waals surface area contributed by atoms with E-state index in [0.29, 0.717) is 31.6 Å². The fourth-order valence-corrected chi connectivity index (χ4v) is 1.85. The molecule has 0 aliphatic heterocycles. The summed E-state index contributed by atoms with van der Waals surface area (Å²) in [4.78, 5) is 43.6. The molecule has 6 N–H and O–H groups in total. The van der Waals surface area contributed by atoms with Crippen molar-refractivity contribution >= 4 is 7.60 Å². The maximum absolute atomic E-state index is 11.5. The van der Waals surface area contributed by atoms with Crippen LogP contribution in [0.2, 0.25) is 0 Å². The zero-order chi connectivity index (χ0) is 15.9. The quantitative estimate of drug-likeness (QED) is 0.309. The molecule has 0 radical (unpaired) electrons. The summed E-state index contributed by atoms with van der Waals surface area (Å²) in [5.41, 5.74) is -0.384. The first-order valence-corrected chi connectivity index (χ1v) is 8.04. The molecule has 128 valence electrons. The summed E-state index contributed by atoms with van der Waals surface area (Å²) in [6, 6.07) is 0. The summed E-state index contributed by atoms with van der Waals surface area (Å²) < 4.78 is 21.3. The number of aromatic amines is 1. The molecule has 22 heavy (non-hydrogen) atoms. The van der Waals surface area contributed by atoms with Gasteiger partial charge in [-0.05, 0) is 19.8 Å². The Bertz CT molecular complexity index is 606. The monoisotopic (exact) mass is 339 g/mol. The van der Waals surface area contributed by atoms with Crippen molar-refractivity contribution in [2.45, 2.75) is 26.3 Å². The molecule has 0 saturated heterocycles. The van der Waals surface area contributed by atoms with Gasteiger partial charge in [0.2, 0.25) is 0 Å². The molecule has 0 aromatic carbocycles. The Labute approximate surface area is 126 Å². The third-order valence-electron chi connectivity index (χ3n) is 2.55. The number of rotatable bonds is 9. The summed E-state index contributed by atoms with van der Waals surface area (Å²) in [6.45, 7) is 2.15. The molecule has 0 aliphatic rings. The molecule has 1 unspecified atom stereocenters. The van der Waals surface area contributed by atoms with Crippen LogP contribution in [0.5, 0.6) is 0 Å². The fourth-order valence-electron chi connectivity index (χ4n) is 1.54. The number of aryl methyl sites for hydroxylation is 2. The second-order valence-electron chi connectivity index (χ2n) is 4.47. The van der Waals surface area contributed by atoms with Crippen LogP contribution in [-0.2, 0) is 20.6 Å². The number of aromatic nitrogens is 2. The smallest absolute Gasteiger partial charge is 0.328 e. The van der Waals surface area contributed by atoms with E-state index in [1.165, 1.54) is 10.8 Å². The fraction of sp³-hybridized carbons (Fsp3) is 0.636. The van der Waals surface area contributed by atoms with Crippen LogP contribution in [0.15, 0.2) is 15.8 Å². The lowest BCUT2D eigenvalue weighted by Crippen LogP contribution is -2.30. The van der Waals surface area contributed by atoms with Crippen LogP contribution in [0.3, 0.4) is 0 Å². The Morgan fingerprint density at radius 1 is 1.36 bits per heavy atom. The van der Waals surface area contributed by atoms with Gasteiger partial charge in [0.05, 0.1) is 0 Å². The van der Waals surface area contributed by atoms with Gasteiger partial charge in [0.25, 0.3) is 5.56 Å². The minimum absolute atomic E-state index is 0. The first kappa shape index (κ1) is 20.7. The molecule has 10 nitrogen and oxygen atoms in total. The van der Waals surface area contributed by atoms with Gasteiger partial charge in [0, 0.05) is 24.9 Å². The van der Waals surface area contributed by atoms with E-state index in [0.717, 1.165) is 0 Å². The average Bonchev–Trinajstić information content (AvgIpc) is 2.37. The van der Waals surface area contributed by atoms with Crippen molar-refractivity contribution in [1.29, 1.82) is 0 Å². The maximum Gasteiger partial charge on any atom is 0.328 e. The number of nitrogens with zero attached hydrogens (tertiary/aromatic N) is 1. The van der Waals surface area contributed by atoms with Gasteiger partial charge >= 0.3 is 5.69 Å². The highest BCUT2D eigenvalue weighted by molar-refractivity contribution is 7.50. The van der Waals surface area contributed by atoms with E-state index < -0.39 is 25.2 Å². The van der Waals surface area contributed by atoms with Crippen molar-refractivity contribution in [2.24, 2.45) is 0 Å². The first-order valence-electron chi connectivity index (χ1n) is 6.28. The Hall–Kier alpha value is -1.29. The molecule has 0 spiro atoms. The van der Waals surface area contributed by atoms with Crippen LogP contribution in [0, 0.1) is 6.92 Å². The minimum Gasteiger partial charge on any atom is -0.777 e. The molecule has 11 heteroatoms. The van der Waals surface area contributed by atoms with Gasteiger partial charge in [-0.1, -0.05) is 0 Å². The predicted octanol–water partition coefficient (Wildman–Crippen LogP) is -0.505. The lowest BCUT2D eigenvalue weighted by molar-refractivity contribution is -0.201. The molecule has 1 atom stereocenters. The Balaban J connectivity index is 0.00000441. The van der Waals surface area contributed by atoms with Crippen LogP contribution in [0.1, 0.15) is 18.4 Å². The molecular weight excluding hydrogens is 317 g/mol. The van der Waals surface area contributed by atoms with Gasteiger partial charge < -0.3 is 34.5 Å². The van der Waals surface area contributed by atoms with Gasteiger partial charge in [-0.15, -0.1) is 0 Å². The van der Waals surface area contributed by atoms with Crippen LogP contribution in [-0.4, -0.2) is 34.2 Å². The van der Waals surface area contributed by atoms with Crippen molar-refractivity contribution in [2.75, 3.05) is 19.7 Å².